The summed E-state index contributed by atoms with van der Waals surface area (Å²) >= 11 is 1.28. The van der Waals surface area contributed by atoms with Gasteiger partial charge in [-0.15, -0.1) is 5.10 Å². The van der Waals surface area contributed by atoms with Crippen molar-refractivity contribution in [2.75, 3.05) is 12.4 Å². The molecular formula is C24H23N5O2S. The van der Waals surface area contributed by atoms with Crippen LogP contribution < -0.4 is 10.1 Å². The van der Waals surface area contributed by atoms with Crippen molar-refractivity contribution in [2.24, 2.45) is 0 Å². The fourth-order valence-electron chi connectivity index (χ4n) is 3.47. The Balaban J connectivity index is 1.67. The molecule has 4 rings (SSSR count). The Labute approximate surface area is 190 Å². The van der Waals surface area contributed by atoms with Crippen LogP contribution in [0.5, 0.6) is 5.75 Å². The van der Waals surface area contributed by atoms with E-state index >= 15 is 0 Å². The van der Waals surface area contributed by atoms with Gasteiger partial charge in [-0.1, -0.05) is 60.3 Å². The third-order valence-corrected chi connectivity index (χ3v) is 5.99. The standard InChI is InChI=1S/C24H23N5O2S/c1-16-13-17(2)15-19(14-16)25-23(30)22(18-9-5-4-6-10-18)32-24-26-27-28-29(24)20-11-7-8-12-21(20)31-3/h4-15,22H,1-3H3,(H,25,30). The summed E-state index contributed by atoms with van der Waals surface area (Å²) < 4.78 is 7.04. The highest BCUT2D eigenvalue weighted by Crippen LogP contribution is 2.37. The monoisotopic (exact) mass is 445 g/mol. The summed E-state index contributed by atoms with van der Waals surface area (Å²) in [5, 5.41) is 15.1. The van der Waals surface area contributed by atoms with Crippen molar-refractivity contribution in [2.45, 2.75) is 24.3 Å². The van der Waals surface area contributed by atoms with Gasteiger partial charge in [0.2, 0.25) is 11.1 Å². The van der Waals surface area contributed by atoms with Crippen molar-refractivity contribution in [3.8, 4) is 11.4 Å². The third kappa shape index (κ3) is 4.81. The first-order chi connectivity index (χ1) is 15.5. The number of methoxy groups -OCH3 is 1. The van der Waals surface area contributed by atoms with E-state index in [4.69, 9.17) is 4.74 Å². The average Bonchev–Trinajstić information content (AvgIpc) is 3.25. The molecule has 0 bridgehead atoms. The second kappa shape index (κ2) is 9.65. The minimum absolute atomic E-state index is 0.152. The number of thioether (sulfide) groups is 1. The lowest BCUT2D eigenvalue weighted by atomic mass is 10.1. The summed E-state index contributed by atoms with van der Waals surface area (Å²) in [7, 11) is 1.60. The van der Waals surface area contributed by atoms with E-state index in [0.717, 1.165) is 22.4 Å². The van der Waals surface area contributed by atoms with E-state index in [1.807, 2.05) is 80.6 Å². The van der Waals surface area contributed by atoms with Gasteiger partial charge in [-0.2, -0.15) is 4.68 Å². The molecule has 1 atom stereocenters. The van der Waals surface area contributed by atoms with Gasteiger partial charge < -0.3 is 10.1 Å². The highest BCUT2D eigenvalue weighted by atomic mass is 32.2. The van der Waals surface area contributed by atoms with Crippen molar-refractivity contribution in [3.63, 3.8) is 0 Å². The molecule has 0 saturated heterocycles. The highest BCUT2D eigenvalue weighted by molar-refractivity contribution is 8.00. The number of anilines is 1. The summed E-state index contributed by atoms with van der Waals surface area (Å²) in [4.78, 5) is 13.4. The number of nitrogens with zero attached hydrogens (tertiary/aromatic N) is 4. The lowest BCUT2D eigenvalue weighted by Crippen LogP contribution is -2.19. The SMILES string of the molecule is COc1ccccc1-n1nnnc1SC(C(=O)Nc1cc(C)cc(C)c1)c1ccccc1. The summed E-state index contributed by atoms with van der Waals surface area (Å²) in [6.07, 6.45) is 0. The van der Waals surface area contributed by atoms with Gasteiger partial charge in [-0.05, 0) is 65.2 Å². The summed E-state index contributed by atoms with van der Waals surface area (Å²) in [5.74, 6) is 0.485. The predicted molar refractivity (Wildman–Crippen MR) is 125 cm³/mol. The lowest BCUT2D eigenvalue weighted by Gasteiger charge is -2.17. The molecule has 4 aromatic rings. The Morgan fingerprint density at radius 2 is 1.69 bits per heavy atom. The van der Waals surface area contributed by atoms with Crippen LogP contribution in [0.4, 0.5) is 5.69 Å². The van der Waals surface area contributed by atoms with E-state index in [9.17, 15) is 4.79 Å². The maximum absolute atomic E-state index is 13.4. The number of nitrogens with one attached hydrogen (secondary N) is 1. The molecule has 1 aromatic heterocycles. The van der Waals surface area contributed by atoms with Gasteiger partial charge in [0.05, 0.1) is 7.11 Å². The van der Waals surface area contributed by atoms with Gasteiger partial charge in [0, 0.05) is 5.69 Å². The molecule has 0 aliphatic heterocycles. The van der Waals surface area contributed by atoms with Gasteiger partial charge in [0.25, 0.3) is 0 Å². The molecule has 0 aliphatic rings. The van der Waals surface area contributed by atoms with Gasteiger partial charge >= 0.3 is 0 Å². The number of carbonyl (C=O) groups excluding carboxylic acids is 1. The quantitative estimate of drug-likeness (QED) is 0.413. The number of carbonyl (C=O) groups is 1. The van der Waals surface area contributed by atoms with E-state index in [2.05, 4.69) is 26.9 Å². The van der Waals surface area contributed by atoms with E-state index in [0.29, 0.717) is 16.6 Å². The van der Waals surface area contributed by atoms with Crippen molar-refractivity contribution in [1.82, 2.24) is 20.2 Å². The van der Waals surface area contributed by atoms with E-state index in [1.54, 1.807) is 11.8 Å². The van der Waals surface area contributed by atoms with Crippen LogP contribution in [-0.4, -0.2) is 33.2 Å². The molecule has 3 aromatic carbocycles. The Morgan fingerprint density at radius 3 is 2.41 bits per heavy atom. The fraction of sp³-hybridized carbons (Fsp3) is 0.167. The highest BCUT2D eigenvalue weighted by Gasteiger charge is 2.26. The van der Waals surface area contributed by atoms with E-state index < -0.39 is 5.25 Å². The van der Waals surface area contributed by atoms with Crippen LogP contribution in [0.15, 0.2) is 78.0 Å². The number of hydrogen-bond acceptors (Lipinski definition) is 6. The van der Waals surface area contributed by atoms with Crippen LogP contribution >= 0.6 is 11.8 Å². The summed E-state index contributed by atoms with van der Waals surface area (Å²) in [6.45, 7) is 4.01. The van der Waals surface area contributed by atoms with Gasteiger partial charge in [-0.25, -0.2) is 0 Å². The normalized spacial score (nSPS) is 11.7. The van der Waals surface area contributed by atoms with Crippen LogP contribution in [0.2, 0.25) is 0 Å². The van der Waals surface area contributed by atoms with Crippen molar-refractivity contribution in [1.29, 1.82) is 0 Å². The van der Waals surface area contributed by atoms with Crippen LogP contribution in [0.25, 0.3) is 5.69 Å². The minimum atomic E-state index is -0.559. The average molecular weight is 446 g/mol. The number of para-hydroxylation sites is 2. The number of hydrogen-bond donors (Lipinski definition) is 1. The van der Waals surface area contributed by atoms with Crippen molar-refractivity contribution >= 4 is 23.4 Å². The Kier molecular flexibility index (Phi) is 6.51. The van der Waals surface area contributed by atoms with Crippen LogP contribution in [0.3, 0.4) is 0 Å². The first kappa shape index (κ1) is 21.6. The zero-order valence-electron chi connectivity index (χ0n) is 18.0. The first-order valence-electron chi connectivity index (χ1n) is 10.1. The maximum Gasteiger partial charge on any atom is 0.242 e. The molecule has 1 heterocycles. The Bertz CT molecular complexity index is 1210. The lowest BCUT2D eigenvalue weighted by molar-refractivity contribution is -0.115. The van der Waals surface area contributed by atoms with Crippen LogP contribution in [0.1, 0.15) is 21.9 Å². The van der Waals surface area contributed by atoms with Crippen molar-refractivity contribution < 1.29 is 9.53 Å². The second-order valence-corrected chi connectivity index (χ2v) is 8.39. The van der Waals surface area contributed by atoms with Gasteiger partial charge in [-0.3, -0.25) is 4.79 Å². The zero-order valence-corrected chi connectivity index (χ0v) is 18.8. The molecule has 32 heavy (non-hydrogen) atoms. The largest absolute Gasteiger partial charge is 0.494 e. The van der Waals surface area contributed by atoms with Crippen LogP contribution in [0, 0.1) is 13.8 Å². The Hall–Kier alpha value is -3.65. The smallest absolute Gasteiger partial charge is 0.242 e. The molecule has 1 unspecified atom stereocenters. The molecule has 0 spiro atoms. The summed E-state index contributed by atoms with van der Waals surface area (Å²) in [6, 6.07) is 23.1. The third-order valence-electron chi connectivity index (χ3n) is 4.81. The molecule has 8 heteroatoms. The minimum Gasteiger partial charge on any atom is -0.494 e. The molecule has 7 nitrogen and oxygen atoms in total. The maximum atomic E-state index is 13.4. The zero-order chi connectivity index (χ0) is 22.5. The van der Waals surface area contributed by atoms with Crippen LogP contribution in [-0.2, 0) is 4.79 Å². The molecular weight excluding hydrogens is 422 g/mol. The number of ether oxygens (including phenoxy) is 1. The number of tetrazole rings is 1. The number of benzene rings is 3. The molecule has 162 valence electrons. The van der Waals surface area contributed by atoms with Gasteiger partial charge in [0.1, 0.15) is 16.7 Å². The second-order valence-electron chi connectivity index (χ2n) is 7.32. The number of rotatable bonds is 7. The van der Waals surface area contributed by atoms with E-state index in [1.165, 1.54) is 11.8 Å². The molecule has 0 aliphatic carbocycles. The van der Waals surface area contributed by atoms with E-state index in [-0.39, 0.29) is 5.91 Å². The molecule has 0 fully saturated rings. The molecule has 1 N–H and O–H groups in total. The Morgan fingerprint density at radius 1 is 1.00 bits per heavy atom. The predicted octanol–water partition coefficient (Wildman–Crippen LogP) is 4.76. The van der Waals surface area contributed by atoms with Gasteiger partial charge in [0.15, 0.2) is 0 Å². The topological polar surface area (TPSA) is 81.9 Å². The van der Waals surface area contributed by atoms with Crippen molar-refractivity contribution in [3.05, 3.63) is 89.5 Å². The number of aryl methyl sites for hydroxylation is 2. The first-order valence-corrected chi connectivity index (χ1v) is 11.0. The molecule has 1 amide bonds. The number of aromatic nitrogens is 4. The number of amides is 1. The molecule has 0 saturated carbocycles. The fourth-order valence-corrected chi connectivity index (χ4v) is 4.46. The summed E-state index contributed by atoms with van der Waals surface area (Å²) in [5.41, 5.74) is 4.49. The molecule has 0 radical (unpaired) electrons.